The second-order valence-electron chi connectivity index (χ2n) is 4.34. The first-order valence-electron chi connectivity index (χ1n) is 5.94. The van der Waals surface area contributed by atoms with E-state index in [9.17, 15) is 0 Å². The Morgan fingerprint density at radius 2 is 2.20 bits per heavy atom. The number of rotatable bonds is 7. The van der Waals surface area contributed by atoms with Crippen molar-refractivity contribution < 1.29 is 4.74 Å². The zero-order valence-corrected chi connectivity index (χ0v) is 9.87. The van der Waals surface area contributed by atoms with Crippen molar-refractivity contribution in [2.24, 2.45) is 5.92 Å². The lowest BCUT2D eigenvalue weighted by Crippen LogP contribution is -2.35. The number of nitrogens with one attached hydrogen (secondary N) is 1. The van der Waals surface area contributed by atoms with Crippen LogP contribution in [0.15, 0.2) is 12.8 Å². The average molecular weight is 212 g/mol. The lowest BCUT2D eigenvalue weighted by Gasteiger charge is -2.29. The topological polar surface area (TPSA) is 24.5 Å². The van der Waals surface area contributed by atoms with Crippen LogP contribution in [0.3, 0.4) is 0 Å². The Morgan fingerprint density at radius 1 is 1.47 bits per heavy atom. The van der Waals surface area contributed by atoms with Gasteiger partial charge in [-0.15, -0.1) is 0 Å². The van der Waals surface area contributed by atoms with Gasteiger partial charge < -0.3 is 15.0 Å². The molecule has 0 aromatic heterocycles. The maximum Gasteiger partial charge on any atom is 0.0885 e. The lowest BCUT2D eigenvalue weighted by molar-refractivity contribution is 0.212. The highest BCUT2D eigenvalue weighted by Crippen LogP contribution is 2.14. The highest BCUT2D eigenvalue weighted by molar-refractivity contribution is 4.71. The van der Waals surface area contributed by atoms with E-state index in [2.05, 4.69) is 23.8 Å². The third-order valence-corrected chi connectivity index (χ3v) is 3.00. The van der Waals surface area contributed by atoms with E-state index in [-0.39, 0.29) is 0 Å². The fraction of sp³-hybridized carbons (Fsp3) is 0.833. The second-order valence-corrected chi connectivity index (χ2v) is 4.34. The summed E-state index contributed by atoms with van der Waals surface area (Å²) in [5.41, 5.74) is 0. The maximum absolute atomic E-state index is 5.06. The Labute approximate surface area is 93.5 Å². The van der Waals surface area contributed by atoms with Crippen LogP contribution in [0.2, 0.25) is 0 Å². The van der Waals surface area contributed by atoms with Crippen molar-refractivity contribution in [3.8, 4) is 0 Å². The molecule has 0 aliphatic carbocycles. The summed E-state index contributed by atoms with van der Waals surface area (Å²) in [6.45, 7) is 9.03. The van der Waals surface area contributed by atoms with Crippen molar-refractivity contribution in [1.29, 1.82) is 0 Å². The van der Waals surface area contributed by atoms with E-state index >= 15 is 0 Å². The summed E-state index contributed by atoms with van der Waals surface area (Å²) < 4.78 is 5.06. The van der Waals surface area contributed by atoms with Crippen LogP contribution in [-0.4, -0.2) is 44.7 Å². The summed E-state index contributed by atoms with van der Waals surface area (Å²) in [4.78, 5) is 2.41. The molecule has 0 aromatic rings. The Kier molecular flexibility index (Phi) is 6.44. The molecule has 1 fully saturated rings. The Balaban J connectivity index is 1.89. The molecular weight excluding hydrogens is 188 g/mol. The molecule has 0 spiro atoms. The first-order chi connectivity index (χ1) is 7.33. The van der Waals surface area contributed by atoms with E-state index < -0.39 is 0 Å². The molecule has 1 saturated heterocycles. The van der Waals surface area contributed by atoms with E-state index in [1.807, 2.05) is 0 Å². The summed E-state index contributed by atoms with van der Waals surface area (Å²) in [6.07, 6.45) is 5.26. The van der Waals surface area contributed by atoms with Crippen LogP contribution in [0.25, 0.3) is 0 Å². The molecule has 0 unspecified atom stereocenters. The van der Waals surface area contributed by atoms with Crippen molar-refractivity contribution in [2.45, 2.75) is 19.3 Å². The molecule has 15 heavy (non-hydrogen) atoms. The van der Waals surface area contributed by atoms with Gasteiger partial charge in [0.05, 0.1) is 12.9 Å². The molecular formula is C12H24N2O. The summed E-state index contributed by atoms with van der Waals surface area (Å²) >= 11 is 0. The van der Waals surface area contributed by atoms with Gasteiger partial charge in [-0.25, -0.2) is 0 Å². The minimum Gasteiger partial charge on any atom is -0.502 e. The Bertz CT molecular complexity index is 165. The summed E-state index contributed by atoms with van der Waals surface area (Å²) in [7, 11) is 2.20. The highest BCUT2D eigenvalue weighted by atomic mass is 16.5. The van der Waals surface area contributed by atoms with Crippen molar-refractivity contribution in [3.05, 3.63) is 12.8 Å². The van der Waals surface area contributed by atoms with Gasteiger partial charge in [0.1, 0.15) is 0 Å². The zero-order chi connectivity index (χ0) is 10.9. The molecule has 1 heterocycles. The van der Waals surface area contributed by atoms with Crippen molar-refractivity contribution >= 4 is 0 Å². The van der Waals surface area contributed by atoms with Crippen LogP contribution in [0.4, 0.5) is 0 Å². The van der Waals surface area contributed by atoms with Gasteiger partial charge in [0.2, 0.25) is 0 Å². The Morgan fingerprint density at radius 3 is 2.87 bits per heavy atom. The largest absolute Gasteiger partial charge is 0.502 e. The van der Waals surface area contributed by atoms with E-state index in [1.165, 1.54) is 38.7 Å². The van der Waals surface area contributed by atoms with Gasteiger partial charge in [-0.3, -0.25) is 0 Å². The number of hydrogen-bond donors (Lipinski definition) is 1. The van der Waals surface area contributed by atoms with Gasteiger partial charge in [0.25, 0.3) is 0 Å². The smallest absolute Gasteiger partial charge is 0.0885 e. The number of ether oxygens (including phenoxy) is 1. The summed E-state index contributed by atoms with van der Waals surface area (Å²) in [5, 5.41) is 3.50. The van der Waals surface area contributed by atoms with Gasteiger partial charge in [-0.1, -0.05) is 6.58 Å². The molecule has 0 saturated carbocycles. The molecule has 88 valence electrons. The average Bonchev–Trinajstić information content (AvgIpc) is 2.26. The standard InChI is InChI=1S/C12H24N2O/c1-3-15-10-4-7-13-11-12-5-8-14(2)9-6-12/h3,12-13H,1,4-11H2,2H3. The van der Waals surface area contributed by atoms with E-state index in [4.69, 9.17) is 4.74 Å². The molecule has 0 atom stereocenters. The van der Waals surface area contributed by atoms with E-state index in [0.717, 1.165) is 25.5 Å². The highest BCUT2D eigenvalue weighted by Gasteiger charge is 2.15. The number of hydrogen-bond acceptors (Lipinski definition) is 3. The maximum atomic E-state index is 5.06. The van der Waals surface area contributed by atoms with E-state index in [1.54, 1.807) is 0 Å². The molecule has 3 heteroatoms. The third kappa shape index (κ3) is 5.80. The molecule has 1 rings (SSSR count). The third-order valence-electron chi connectivity index (χ3n) is 3.00. The molecule has 0 radical (unpaired) electrons. The first kappa shape index (κ1) is 12.5. The van der Waals surface area contributed by atoms with Crippen LogP contribution in [0.5, 0.6) is 0 Å². The van der Waals surface area contributed by atoms with E-state index in [0.29, 0.717) is 0 Å². The van der Waals surface area contributed by atoms with Crippen LogP contribution in [-0.2, 0) is 4.74 Å². The minimum absolute atomic E-state index is 0.782. The van der Waals surface area contributed by atoms with Crippen LogP contribution in [0.1, 0.15) is 19.3 Å². The van der Waals surface area contributed by atoms with Crippen LogP contribution in [0, 0.1) is 5.92 Å². The number of likely N-dealkylation sites (tertiary alicyclic amines) is 1. The van der Waals surface area contributed by atoms with Crippen molar-refractivity contribution in [3.63, 3.8) is 0 Å². The van der Waals surface area contributed by atoms with Gasteiger partial charge >= 0.3 is 0 Å². The van der Waals surface area contributed by atoms with Crippen molar-refractivity contribution in [2.75, 3.05) is 39.8 Å². The van der Waals surface area contributed by atoms with Gasteiger partial charge in [-0.05, 0) is 58.4 Å². The fourth-order valence-corrected chi connectivity index (χ4v) is 1.94. The molecule has 0 amide bonds. The monoisotopic (exact) mass is 212 g/mol. The van der Waals surface area contributed by atoms with Crippen LogP contribution < -0.4 is 5.32 Å². The lowest BCUT2D eigenvalue weighted by atomic mass is 9.97. The molecule has 3 nitrogen and oxygen atoms in total. The predicted molar refractivity (Wildman–Crippen MR) is 63.9 cm³/mol. The quantitative estimate of drug-likeness (QED) is 0.511. The minimum atomic E-state index is 0.782. The normalized spacial score (nSPS) is 19.0. The van der Waals surface area contributed by atoms with Crippen LogP contribution >= 0.6 is 0 Å². The molecule has 0 bridgehead atoms. The number of nitrogens with zero attached hydrogens (tertiary/aromatic N) is 1. The number of piperidine rings is 1. The van der Waals surface area contributed by atoms with Gasteiger partial charge in [0.15, 0.2) is 0 Å². The fourth-order valence-electron chi connectivity index (χ4n) is 1.94. The molecule has 1 aliphatic rings. The van der Waals surface area contributed by atoms with Crippen molar-refractivity contribution in [1.82, 2.24) is 10.2 Å². The first-order valence-corrected chi connectivity index (χ1v) is 5.94. The predicted octanol–water partition coefficient (Wildman–Crippen LogP) is 1.47. The Hall–Kier alpha value is -0.540. The zero-order valence-electron chi connectivity index (χ0n) is 9.87. The second kappa shape index (κ2) is 7.71. The summed E-state index contributed by atoms with van der Waals surface area (Å²) in [5.74, 6) is 0.876. The molecule has 1 N–H and O–H groups in total. The molecule has 0 aromatic carbocycles. The van der Waals surface area contributed by atoms with Gasteiger partial charge in [0, 0.05) is 0 Å². The summed E-state index contributed by atoms with van der Waals surface area (Å²) in [6, 6.07) is 0. The molecule has 1 aliphatic heterocycles. The van der Waals surface area contributed by atoms with Gasteiger partial charge in [-0.2, -0.15) is 0 Å². The SMILES string of the molecule is C=COCCCNCC1CCN(C)CC1.